The number of halogens is 1. The molecule has 1 aromatic carbocycles. The molecule has 110 valence electrons. The van der Waals surface area contributed by atoms with Crippen molar-refractivity contribution in [2.45, 2.75) is 38.7 Å². The highest BCUT2D eigenvalue weighted by atomic mass is 35.5. The highest BCUT2D eigenvalue weighted by molar-refractivity contribution is 6.33. The number of anilines is 2. The molecule has 0 aliphatic heterocycles. The van der Waals surface area contributed by atoms with E-state index in [1.165, 1.54) is 12.8 Å². The first-order valence-electron chi connectivity index (χ1n) is 7.01. The van der Waals surface area contributed by atoms with Gasteiger partial charge in [0, 0.05) is 5.69 Å². The van der Waals surface area contributed by atoms with E-state index >= 15 is 0 Å². The van der Waals surface area contributed by atoms with E-state index in [1.807, 2.05) is 0 Å². The molecule has 20 heavy (non-hydrogen) atoms. The van der Waals surface area contributed by atoms with Crippen molar-refractivity contribution in [1.29, 1.82) is 0 Å². The Balaban J connectivity index is 1.76. The van der Waals surface area contributed by atoms with E-state index in [-0.39, 0.29) is 18.6 Å². The maximum atomic E-state index is 11.8. The Labute approximate surface area is 124 Å². The number of amides is 1. The average Bonchev–Trinajstić information content (AvgIpc) is 2.42. The SMILES string of the molecule is CC1CCC(OCC(=O)Nc2ccc(Cl)c(N)c2)CC1. The molecule has 4 nitrogen and oxygen atoms in total. The first-order chi connectivity index (χ1) is 9.54. The van der Waals surface area contributed by atoms with Crippen LogP contribution in [0.3, 0.4) is 0 Å². The van der Waals surface area contributed by atoms with Crippen molar-refractivity contribution in [2.75, 3.05) is 17.7 Å². The number of carbonyl (C=O) groups is 1. The molecule has 3 N–H and O–H groups in total. The monoisotopic (exact) mass is 296 g/mol. The molecule has 0 saturated heterocycles. The Kier molecular flexibility index (Phi) is 5.26. The fourth-order valence-corrected chi connectivity index (χ4v) is 2.53. The third-order valence-corrected chi connectivity index (χ3v) is 4.04. The van der Waals surface area contributed by atoms with Crippen molar-refractivity contribution >= 4 is 28.9 Å². The average molecular weight is 297 g/mol. The van der Waals surface area contributed by atoms with Gasteiger partial charge in [-0.15, -0.1) is 0 Å². The second kappa shape index (κ2) is 6.95. The van der Waals surface area contributed by atoms with Gasteiger partial charge in [0.1, 0.15) is 6.61 Å². The second-order valence-electron chi connectivity index (χ2n) is 5.48. The molecule has 1 aliphatic rings. The Bertz CT molecular complexity index is 471. The maximum absolute atomic E-state index is 11.8. The molecule has 0 radical (unpaired) electrons. The van der Waals surface area contributed by atoms with Crippen LogP contribution >= 0.6 is 11.6 Å². The van der Waals surface area contributed by atoms with Crippen LogP contribution in [-0.4, -0.2) is 18.6 Å². The van der Waals surface area contributed by atoms with Gasteiger partial charge in [-0.1, -0.05) is 18.5 Å². The van der Waals surface area contributed by atoms with Gasteiger partial charge in [0.15, 0.2) is 0 Å². The fraction of sp³-hybridized carbons (Fsp3) is 0.533. The van der Waals surface area contributed by atoms with Crippen LogP contribution < -0.4 is 11.1 Å². The number of benzene rings is 1. The van der Waals surface area contributed by atoms with Crippen molar-refractivity contribution in [3.8, 4) is 0 Å². The Hall–Kier alpha value is -1.26. The summed E-state index contributed by atoms with van der Waals surface area (Å²) in [5.41, 5.74) is 6.77. The number of nitrogen functional groups attached to an aromatic ring is 1. The third kappa shape index (κ3) is 4.39. The summed E-state index contributed by atoms with van der Waals surface area (Å²) in [5, 5.41) is 3.24. The lowest BCUT2D eigenvalue weighted by Crippen LogP contribution is -2.26. The first-order valence-corrected chi connectivity index (χ1v) is 7.39. The van der Waals surface area contributed by atoms with Crippen LogP contribution in [0.1, 0.15) is 32.6 Å². The molecule has 1 amide bonds. The minimum atomic E-state index is -0.162. The number of carbonyl (C=O) groups excluding carboxylic acids is 1. The topological polar surface area (TPSA) is 64.3 Å². The lowest BCUT2D eigenvalue weighted by Gasteiger charge is -2.25. The zero-order valence-corrected chi connectivity index (χ0v) is 12.5. The van der Waals surface area contributed by atoms with E-state index in [0.29, 0.717) is 16.4 Å². The molecular formula is C15H21ClN2O2. The highest BCUT2D eigenvalue weighted by Crippen LogP contribution is 2.25. The molecule has 1 aliphatic carbocycles. The Morgan fingerprint density at radius 1 is 1.40 bits per heavy atom. The highest BCUT2D eigenvalue weighted by Gasteiger charge is 2.19. The Morgan fingerprint density at radius 2 is 2.10 bits per heavy atom. The maximum Gasteiger partial charge on any atom is 0.250 e. The predicted octanol–water partition coefficient (Wildman–Crippen LogP) is 3.46. The summed E-state index contributed by atoms with van der Waals surface area (Å²) in [5.74, 6) is 0.617. The van der Waals surface area contributed by atoms with Gasteiger partial charge in [-0.3, -0.25) is 4.79 Å². The molecule has 0 spiro atoms. The minimum absolute atomic E-state index is 0.0849. The van der Waals surface area contributed by atoms with E-state index in [2.05, 4.69) is 12.2 Å². The van der Waals surface area contributed by atoms with Crippen molar-refractivity contribution in [2.24, 2.45) is 5.92 Å². The smallest absolute Gasteiger partial charge is 0.250 e. The fourth-order valence-electron chi connectivity index (χ4n) is 2.41. The largest absolute Gasteiger partial charge is 0.397 e. The van der Waals surface area contributed by atoms with Crippen LogP contribution in [0.25, 0.3) is 0 Å². The van der Waals surface area contributed by atoms with Crippen molar-refractivity contribution in [3.63, 3.8) is 0 Å². The van der Waals surface area contributed by atoms with Gasteiger partial charge in [0.05, 0.1) is 16.8 Å². The van der Waals surface area contributed by atoms with Gasteiger partial charge >= 0.3 is 0 Å². The van der Waals surface area contributed by atoms with Gasteiger partial charge in [-0.2, -0.15) is 0 Å². The van der Waals surface area contributed by atoms with Crippen LogP contribution in [0, 0.1) is 5.92 Å². The van der Waals surface area contributed by atoms with Gasteiger partial charge in [-0.05, 0) is 49.8 Å². The van der Waals surface area contributed by atoms with Crippen LogP contribution in [0.4, 0.5) is 11.4 Å². The van der Waals surface area contributed by atoms with E-state index in [9.17, 15) is 4.79 Å². The lowest BCUT2D eigenvalue weighted by molar-refractivity contribution is -0.123. The number of hydrogen-bond acceptors (Lipinski definition) is 3. The third-order valence-electron chi connectivity index (χ3n) is 3.69. The minimum Gasteiger partial charge on any atom is -0.397 e. The molecule has 1 aromatic rings. The quantitative estimate of drug-likeness (QED) is 0.836. The van der Waals surface area contributed by atoms with Gasteiger partial charge in [0.2, 0.25) is 5.91 Å². The second-order valence-corrected chi connectivity index (χ2v) is 5.88. The number of hydrogen-bond donors (Lipinski definition) is 2. The molecule has 1 saturated carbocycles. The van der Waals surface area contributed by atoms with Crippen molar-refractivity contribution in [3.05, 3.63) is 23.2 Å². The molecule has 0 bridgehead atoms. The van der Waals surface area contributed by atoms with Gasteiger partial charge < -0.3 is 15.8 Å². The molecule has 0 atom stereocenters. The van der Waals surface area contributed by atoms with E-state index < -0.39 is 0 Å². The summed E-state index contributed by atoms with van der Waals surface area (Å²) in [6.45, 7) is 2.34. The van der Waals surface area contributed by atoms with Crippen LogP contribution in [0.2, 0.25) is 5.02 Å². The summed E-state index contributed by atoms with van der Waals surface area (Å²) >= 11 is 5.83. The molecule has 1 fully saturated rings. The number of nitrogens with two attached hydrogens (primary N) is 1. The van der Waals surface area contributed by atoms with E-state index in [0.717, 1.165) is 18.8 Å². The van der Waals surface area contributed by atoms with Crippen LogP contribution in [-0.2, 0) is 9.53 Å². The summed E-state index contributed by atoms with van der Waals surface area (Å²) in [6, 6.07) is 5.03. The summed E-state index contributed by atoms with van der Waals surface area (Å²) in [6.07, 6.45) is 4.66. The summed E-state index contributed by atoms with van der Waals surface area (Å²) in [7, 11) is 0. The number of nitrogens with one attached hydrogen (secondary N) is 1. The van der Waals surface area contributed by atoms with Crippen molar-refractivity contribution < 1.29 is 9.53 Å². The number of ether oxygens (including phenoxy) is 1. The molecular weight excluding hydrogens is 276 g/mol. The predicted molar refractivity (Wildman–Crippen MR) is 81.9 cm³/mol. The lowest BCUT2D eigenvalue weighted by atomic mass is 9.89. The van der Waals surface area contributed by atoms with E-state index in [1.54, 1.807) is 18.2 Å². The number of rotatable bonds is 4. The van der Waals surface area contributed by atoms with Gasteiger partial charge in [-0.25, -0.2) is 0 Å². The van der Waals surface area contributed by atoms with Crippen LogP contribution in [0.15, 0.2) is 18.2 Å². The van der Waals surface area contributed by atoms with Crippen LogP contribution in [0.5, 0.6) is 0 Å². The zero-order chi connectivity index (χ0) is 14.5. The standard InChI is InChI=1S/C15H21ClN2O2/c1-10-2-5-12(6-3-10)20-9-15(19)18-11-4-7-13(16)14(17)8-11/h4,7-8,10,12H,2-3,5-6,9,17H2,1H3,(H,18,19). The Morgan fingerprint density at radius 3 is 2.75 bits per heavy atom. The molecule has 5 heteroatoms. The summed E-state index contributed by atoms with van der Waals surface area (Å²) in [4.78, 5) is 11.8. The van der Waals surface area contributed by atoms with Gasteiger partial charge in [0.25, 0.3) is 0 Å². The molecule has 0 heterocycles. The summed E-state index contributed by atoms with van der Waals surface area (Å²) < 4.78 is 5.65. The molecule has 2 rings (SSSR count). The zero-order valence-electron chi connectivity index (χ0n) is 11.7. The normalized spacial score (nSPS) is 22.5. The van der Waals surface area contributed by atoms with Crippen molar-refractivity contribution in [1.82, 2.24) is 0 Å². The molecule has 0 unspecified atom stereocenters. The molecule has 0 aromatic heterocycles. The first kappa shape index (κ1) is 15.1. The van der Waals surface area contributed by atoms with E-state index in [4.69, 9.17) is 22.1 Å².